The number of nitrogens with zero attached hydrogens (tertiary/aromatic N) is 5. The molecule has 4 aromatic heterocycles. The summed E-state index contributed by atoms with van der Waals surface area (Å²) < 4.78 is 0. The number of carbonyl (C=O) groups excluding carboxylic acids is 1. The predicted molar refractivity (Wildman–Crippen MR) is 116 cm³/mol. The molecule has 0 unspecified atom stereocenters. The summed E-state index contributed by atoms with van der Waals surface area (Å²) >= 11 is 0. The molecule has 8 heteroatoms. The Kier molecular flexibility index (Phi) is 5.30. The summed E-state index contributed by atoms with van der Waals surface area (Å²) in [5, 5.41) is 14.1. The van der Waals surface area contributed by atoms with E-state index in [1.807, 2.05) is 30.3 Å². The van der Waals surface area contributed by atoms with Crippen molar-refractivity contribution in [2.75, 3.05) is 10.6 Å². The van der Waals surface area contributed by atoms with E-state index < -0.39 is 0 Å². The highest BCUT2D eigenvalue weighted by molar-refractivity contribution is 5.88. The number of fused-ring (bicyclic) bond motifs is 1. The van der Waals surface area contributed by atoms with E-state index >= 15 is 0 Å². The molecule has 1 amide bonds. The molecule has 0 spiro atoms. The predicted octanol–water partition coefficient (Wildman–Crippen LogP) is 4.31. The van der Waals surface area contributed by atoms with Crippen LogP contribution in [0.15, 0.2) is 55.0 Å². The lowest BCUT2D eigenvalue weighted by Crippen LogP contribution is -2.07. The average Bonchev–Trinajstić information content (AvgIpc) is 2.73. The van der Waals surface area contributed by atoms with Crippen LogP contribution in [0.3, 0.4) is 0 Å². The maximum Gasteiger partial charge on any atom is 0.222 e. The summed E-state index contributed by atoms with van der Waals surface area (Å²) in [5.74, 6) is 1.99. The molecule has 0 saturated carbocycles. The first kappa shape index (κ1) is 19.4. The van der Waals surface area contributed by atoms with Crippen molar-refractivity contribution in [3.63, 3.8) is 0 Å². The maximum atomic E-state index is 11.3. The molecule has 0 aliphatic rings. The fraction of sp³-hybridized carbons (Fsp3) is 0.182. The average molecular weight is 399 g/mol. The first-order chi connectivity index (χ1) is 14.5. The van der Waals surface area contributed by atoms with Crippen LogP contribution in [0.25, 0.3) is 22.2 Å². The van der Waals surface area contributed by atoms with Crippen LogP contribution >= 0.6 is 0 Å². The Hall–Kier alpha value is -3.94. The van der Waals surface area contributed by atoms with Crippen LogP contribution in [-0.4, -0.2) is 31.1 Å². The van der Waals surface area contributed by atoms with Gasteiger partial charge in [-0.2, -0.15) is 5.10 Å². The second-order valence-electron chi connectivity index (χ2n) is 7.22. The van der Waals surface area contributed by atoms with Gasteiger partial charge in [0, 0.05) is 24.9 Å². The third kappa shape index (κ3) is 4.38. The van der Waals surface area contributed by atoms with Crippen LogP contribution in [0.2, 0.25) is 0 Å². The first-order valence-corrected chi connectivity index (χ1v) is 9.58. The van der Waals surface area contributed by atoms with E-state index in [2.05, 4.69) is 49.6 Å². The number of carbonyl (C=O) groups is 1. The highest BCUT2D eigenvalue weighted by atomic mass is 16.1. The van der Waals surface area contributed by atoms with Crippen LogP contribution < -0.4 is 10.6 Å². The Morgan fingerprint density at radius 1 is 0.900 bits per heavy atom. The Labute approximate surface area is 173 Å². The molecule has 0 fully saturated rings. The molecule has 150 valence electrons. The van der Waals surface area contributed by atoms with Gasteiger partial charge in [0.05, 0.1) is 17.2 Å². The monoisotopic (exact) mass is 399 g/mol. The molecule has 0 saturated heterocycles. The van der Waals surface area contributed by atoms with Gasteiger partial charge in [-0.15, -0.1) is 5.10 Å². The van der Waals surface area contributed by atoms with Gasteiger partial charge in [-0.1, -0.05) is 13.8 Å². The zero-order valence-corrected chi connectivity index (χ0v) is 16.9. The fourth-order valence-corrected chi connectivity index (χ4v) is 2.98. The van der Waals surface area contributed by atoms with E-state index in [4.69, 9.17) is 0 Å². The molecule has 30 heavy (non-hydrogen) atoms. The molecule has 0 radical (unpaired) electrons. The lowest BCUT2D eigenvalue weighted by atomic mass is 10.1. The van der Waals surface area contributed by atoms with Gasteiger partial charge < -0.3 is 10.6 Å². The van der Waals surface area contributed by atoms with Gasteiger partial charge in [0.1, 0.15) is 11.6 Å². The summed E-state index contributed by atoms with van der Waals surface area (Å²) in [6, 6.07) is 11.4. The molecule has 0 aliphatic carbocycles. The Balaban J connectivity index is 1.65. The van der Waals surface area contributed by atoms with Gasteiger partial charge in [0.15, 0.2) is 5.82 Å². The van der Waals surface area contributed by atoms with Crippen molar-refractivity contribution in [1.82, 2.24) is 25.1 Å². The van der Waals surface area contributed by atoms with Crippen molar-refractivity contribution in [3.8, 4) is 11.1 Å². The topological polar surface area (TPSA) is 106 Å². The summed E-state index contributed by atoms with van der Waals surface area (Å²) in [5.41, 5.74) is 4.39. The summed E-state index contributed by atoms with van der Waals surface area (Å²) in [4.78, 5) is 24.6. The quantitative estimate of drug-likeness (QED) is 0.515. The smallest absolute Gasteiger partial charge is 0.222 e. The lowest BCUT2D eigenvalue weighted by molar-refractivity contribution is -0.114. The molecular formula is C22H21N7O. The van der Waals surface area contributed by atoms with E-state index in [1.165, 1.54) is 6.92 Å². The minimum absolute atomic E-state index is 0.168. The number of anilines is 3. The van der Waals surface area contributed by atoms with E-state index in [0.717, 1.165) is 27.7 Å². The van der Waals surface area contributed by atoms with Gasteiger partial charge in [0.25, 0.3) is 0 Å². The molecule has 4 rings (SSSR count). The van der Waals surface area contributed by atoms with Crippen LogP contribution in [0.5, 0.6) is 0 Å². The van der Waals surface area contributed by atoms with Crippen molar-refractivity contribution >= 4 is 34.4 Å². The van der Waals surface area contributed by atoms with Gasteiger partial charge in [0.2, 0.25) is 5.91 Å². The maximum absolute atomic E-state index is 11.3. The number of rotatable bonds is 5. The van der Waals surface area contributed by atoms with Crippen LogP contribution in [0.1, 0.15) is 32.3 Å². The summed E-state index contributed by atoms with van der Waals surface area (Å²) in [6.07, 6.45) is 5.20. The highest BCUT2D eigenvalue weighted by Gasteiger charge is 2.07. The lowest BCUT2D eigenvalue weighted by Gasteiger charge is -2.09. The molecule has 2 N–H and O–H groups in total. The van der Waals surface area contributed by atoms with Crippen LogP contribution in [-0.2, 0) is 4.79 Å². The molecule has 4 heterocycles. The standard InChI is InChI=1S/C22H21N7O/c1-13(2)16-10-22(29-25-12-16)28-20-5-4-18-19(27-20)8-17(11-24-18)15-6-7-23-21(9-15)26-14(3)30/h4-13H,1-3H3,(H,23,26,30)(H,27,28,29). The van der Waals surface area contributed by atoms with Crippen LogP contribution in [0.4, 0.5) is 17.5 Å². The van der Waals surface area contributed by atoms with Gasteiger partial charge in [-0.25, -0.2) is 9.97 Å². The second-order valence-corrected chi connectivity index (χ2v) is 7.22. The molecule has 0 atom stereocenters. The number of aromatic nitrogens is 5. The Morgan fingerprint density at radius 3 is 2.57 bits per heavy atom. The molecule has 8 nitrogen and oxygen atoms in total. The van der Waals surface area contributed by atoms with E-state index in [0.29, 0.717) is 23.4 Å². The number of amides is 1. The van der Waals surface area contributed by atoms with Crippen molar-refractivity contribution in [1.29, 1.82) is 0 Å². The normalized spacial score (nSPS) is 10.9. The van der Waals surface area contributed by atoms with E-state index in [9.17, 15) is 4.79 Å². The second kappa shape index (κ2) is 8.20. The Bertz CT molecular complexity index is 1220. The van der Waals surface area contributed by atoms with Gasteiger partial charge >= 0.3 is 0 Å². The largest absolute Gasteiger partial charge is 0.323 e. The van der Waals surface area contributed by atoms with Crippen LogP contribution in [0, 0.1) is 0 Å². The molecule has 4 aromatic rings. The first-order valence-electron chi connectivity index (χ1n) is 9.58. The zero-order chi connectivity index (χ0) is 21.1. The summed E-state index contributed by atoms with van der Waals surface area (Å²) in [6.45, 7) is 5.67. The minimum atomic E-state index is -0.168. The SMILES string of the molecule is CC(=O)Nc1cc(-c2cnc3ccc(Nc4cc(C(C)C)cnn4)nc3c2)ccn1. The van der Waals surface area contributed by atoms with Crippen molar-refractivity contribution in [2.45, 2.75) is 26.7 Å². The number of nitrogens with one attached hydrogen (secondary N) is 2. The highest BCUT2D eigenvalue weighted by Crippen LogP contribution is 2.25. The molecular weight excluding hydrogens is 378 g/mol. The van der Waals surface area contributed by atoms with Crippen molar-refractivity contribution in [3.05, 3.63) is 60.6 Å². The zero-order valence-electron chi connectivity index (χ0n) is 16.9. The van der Waals surface area contributed by atoms with Gasteiger partial charge in [-0.3, -0.25) is 9.78 Å². The molecule has 0 aliphatic heterocycles. The Morgan fingerprint density at radius 2 is 1.77 bits per heavy atom. The fourth-order valence-electron chi connectivity index (χ4n) is 2.98. The number of pyridine rings is 3. The van der Waals surface area contributed by atoms with E-state index in [-0.39, 0.29) is 5.91 Å². The molecule has 0 aromatic carbocycles. The number of hydrogen-bond acceptors (Lipinski definition) is 7. The van der Waals surface area contributed by atoms with Gasteiger partial charge in [-0.05, 0) is 53.4 Å². The third-order valence-corrected chi connectivity index (χ3v) is 4.53. The number of hydrogen-bond donors (Lipinski definition) is 2. The van der Waals surface area contributed by atoms with Crippen molar-refractivity contribution < 1.29 is 4.79 Å². The van der Waals surface area contributed by atoms with E-state index in [1.54, 1.807) is 24.7 Å². The minimum Gasteiger partial charge on any atom is -0.323 e. The third-order valence-electron chi connectivity index (χ3n) is 4.53. The summed E-state index contributed by atoms with van der Waals surface area (Å²) in [7, 11) is 0. The molecule has 0 bridgehead atoms. The van der Waals surface area contributed by atoms with Crippen molar-refractivity contribution in [2.24, 2.45) is 0 Å².